The zero-order valence-electron chi connectivity index (χ0n) is 14.7. The Labute approximate surface area is 156 Å². The van der Waals surface area contributed by atoms with Gasteiger partial charge in [0.15, 0.2) is 0 Å². The minimum Gasteiger partial charge on any atom is -0.480 e. The van der Waals surface area contributed by atoms with Crippen molar-refractivity contribution in [1.82, 2.24) is 24.8 Å². The molecule has 0 aliphatic carbocycles. The van der Waals surface area contributed by atoms with Crippen molar-refractivity contribution < 1.29 is 9.90 Å². The van der Waals surface area contributed by atoms with E-state index in [-0.39, 0.29) is 0 Å². The molecule has 0 saturated heterocycles. The Bertz CT molecular complexity index is 909. The van der Waals surface area contributed by atoms with Crippen LogP contribution >= 0.6 is 0 Å². The highest BCUT2D eigenvalue weighted by atomic mass is 16.4. The van der Waals surface area contributed by atoms with Crippen LogP contribution in [0, 0.1) is 0 Å². The number of fused-ring (bicyclic) bond motifs is 1. The van der Waals surface area contributed by atoms with Gasteiger partial charge < -0.3 is 15.4 Å². The summed E-state index contributed by atoms with van der Waals surface area (Å²) in [4.78, 5) is 29.5. The number of rotatable bonds is 6. The zero-order valence-corrected chi connectivity index (χ0v) is 14.7. The largest absolute Gasteiger partial charge is 0.480 e. The first kappa shape index (κ1) is 17.2. The lowest BCUT2D eigenvalue weighted by atomic mass is 10.0. The molecule has 0 saturated carbocycles. The summed E-state index contributed by atoms with van der Waals surface area (Å²) in [6, 6.07) is 9.43. The van der Waals surface area contributed by atoms with E-state index >= 15 is 0 Å². The van der Waals surface area contributed by atoms with E-state index in [9.17, 15) is 9.90 Å². The highest BCUT2D eigenvalue weighted by Crippen LogP contribution is 2.22. The number of carbonyl (C=O) groups is 1. The predicted molar refractivity (Wildman–Crippen MR) is 98.8 cm³/mol. The number of hydrogen-bond acceptors (Lipinski definition) is 6. The van der Waals surface area contributed by atoms with Crippen molar-refractivity contribution in [2.75, 3.05) is 5.32 Å². The van der Waals surface area contributed by atoms with Crippen LogP contribution in [0.5, 0.6) is 0 Å². The van der Waals surface area contributed by atoms with Gasteiger partial charge in [-0.25, -0.2) is 15.0 Å². The summed E-state index contributed by atoms with van der Waals surface area (Å²) >= 11 is 0. The summed E-state index contributed by atoms with van der Waals surface area (Å²) in [5.41, 5.74) is 3.82. The molecule has 0 spiro atoms. The van der Waals surface area contributed by atoms with Crippen LogP contribution in [0.15, 0.2) is 49.1 Å². The number of nitrogens with one attached hydrogen (secondary N) is 2. The van der Waals surface area contributed by atoms with E-state index < -0.39 is 12.0 Å². The Morgan fingerprint density at radius 1 is 1.19 bits per heavy atom. The number of aromatic amines is 1. The molecule has 27 heavy (non-hydrogen) atoms. The maximum absolute atomic E-state index is 11.6. The van der Waals surface area contributed by atoms with Crippen LogP contribution in [0.3, 0.4) is 0 Å². The quantitative estimate of drug-likeness (QED) is 0.612. The van der Waals surface area contributed by atoms with E-state index in [1.165, 1.54) is 0 Å². The minimum atomic E-state index is -0.842. The van der Waals surface area contributed by atoms with Gasteiger partial charge in [0, 0.05) is 44.0 Å². The Morgan fingerprint density at radius 2 is 1.96 bits per heavy atom. The summed E-state index contributed by atoms with van der Waals surface area (Å²) in [7, 11) is 0. The van der Waals surface area contributed by atoms with Crippen molar-refractivity contribution >= 4 is 11.9 Å². The average molecular weight is 364 g/mol. The van der Waals surface area contributed by atoms with Crippen LogP contribution in [-0.2, 0) is 30.8 Å². The van der Waals surface area contributed by atoms with Crippen LogP contribution in [-0.4, -0.2) is 42.0 Å². The summed E-state index contributed by atoms with van der Waals surface area (Å²) in [5.74, 6) is -0.294. The number of carboxylic acids is 1. The molecule has 1 aliphatic rings. The number of hydrogen-bond donors (Lipinski definition) is 3. The molecule has 3 N–H and O–H groups in total. The first-order valence-electron chi connectivity index (χ1n) is 8.76. The molecule has 1 atom stereocenters. The standard InChI is InChI=1S/C19H20N6O2/c26-18(27)17-6-15-16(24-12-23-15)11-25(17)10-14-8-21-19(22-9-14)20-7-13-4-2-1-3-5-13/h1-5,8-9,12,17H,6-7,10-11H2,(H,23,24)(H,26,27)(H,20,21,22)/t17-/m0/s1. The zero-order chi connectivity index (χ0) is 18.6. The fourth-order valence-corrected chi connectivity index (χ4v) is 3.24. The molecule has 1 aliphatic heterocycles. The predicted octanol–water partition coefficient (Wildman–Crippen LogP) is 1.82. The lowest BCUT2D eigenvalue weighted by Crippen LogP contribution is -2.45. The van der Waals surface area contributed by atoms with Gasteiger partial charge in [0.25, 0.3) is 0 Å². The number of imidazole rings is 1. The summed E-state index contributed by atoms with van der Waals surface area (Å²) in [6.45, 7) is 1.63. The molecule has 0 unspecified atom stereocenters. The highest BCUT2D eigenvalue weighted by Gasteiger charge is 2.32. The van der Waals surface area contributed by atoms with Crippen LogP contribution in [0.25, 0.3) is 0 Å². The second-order valence-corrected chi connectivity index (χ2v) is 6.54. The number of H-pyrrole nitrogens is 1. The second kappa shape index (κ2) is 7.55. The van der Waals surface area contributed by atoms with Crippen LogP contribution < -0.4 is 5.32 Å². The first-order valence-corrected chi connectivity index (χ1v) is 8.76. The molecule has 8 heteroatoms. The fourth-order valence-electron chi connectivity index (χ4n) is 3.24. The van der Waals surface area contributed by atoms with Gasteiger partial charge in [-0.3, -0.25) is 9.69 Å². The fraction of sp³-hybridized carbons (Fsp3) is 0.263. The number of anilines is 1. The monoisotopic (exact) mass is 364 g/mol. The molecule has 0 fully saturated rings. The Morgan fingerprint density at radius 3 is 2.70 bits per heavy atom. The molecule has 3 heterocycles. The molecule has 0 radical (unpaired) electrons. The number of benzene rings is 1. The van der Waals surface area contributed by atoms with Gasteiger partial charge in [-0.2, -0.15) is 0 Å². The lowest BCUT2D eigenvalue weighted by Gasteiger charge is -2.32. The molecule has 0 amide bonds. The smallest absolute Gasteiger partial charge is 0.321 e. The van der Waals surface area contributed by atoms with Crippen molar-refractivity contribution in [3.63, 3.8) is 0 Å². The molecule has 4 rings (SSSR count). The maximum Gasteiger partial charge on any atom is 0.321 e. The average Bonchev–Trinajstić information content (AvgIpc) is 3.15. The van der Waals surface area contributed by atoms with Gasteiger partial charge in [-0.05, 0) is 5.56 Å². The molecular formula is C19H20N6O2. The van der Waals surface area contributed by atoms with Crippen molar-refractivity contribution in [2.45, 2.75) is 32.1 Å². The van der Waals surface area contributed by atoms with Crippen molar-refractivity contribution in [3.05, 3.63) is 71.6 Å². The van der Waals surface area contributed by atoms with Gasteiger partial charge in [0.2, 0.25) is 5.95 Å². The van der Waals surface area contributed by atoms with Crippen molar-refractivity contribution in [1.29, 1.82) is 0 Å². The molecule has 1 aromatic carbocycles. The lowest BCUT2D eigenvalue weighted by molar-refractivity contribution is -0.144. The summed E-state index contributed by atoms with van der Waals surface area (Å²) in [5, 5.41) is 12.7. The number of nitrogens with zero attached hydrogens (tertiary/aromatic N) is 4. The van der Waals surface area contributed by atoms with E-state index in [0.29, 0.717) is 32.0 Å². The van der Waals surface area contributed by atoms with Gasteiger partial charge in [0.1, 0.15) is 6.04 Å². The van der Waals surface area contributed by atoms with Gasteiger partial charge in [-0.1, -0.05) is 30.3 Å². The SMILES string of the molecule is O=C(O)[C@@H]1Cc2nc[nH]c2CN1Cc1cnc(NCc2ccccc2)nc1. The highest BCUT2D eigenvalue weighted by molar-refractivity contribution is 5.74. The Hall–Kier alpha value is -3.26. The molecule has 2 aromatic heterocycles. The van der Waals surface area contributed by atoms with E-state index in [0.717, 1.165) is 22.5 Å². The van der Waals surface area contributed by atoms with E-state index in [1.807, 2.05) is 35.2 Å². The molecule has 138 valence electrons. The van der Waals surface area contributed by atoms with Crippen molar-refractivity contribution in [2.24, 2.45) is 0 Å². The number of aromatic nitrogens is 4. The third kappa shape index (κ3) is 3.95. The first-order chi connectivity index (χ1) is 13.2. The molecule has 0 bridgehead atoms. The van der Waals surface area contributed by atoms with Crippen LogP contribution in [0.4, 0.5) is 5.95 Å². The summed E-state index contributed by atoms with van der Waals surface area (Å²) in [6.07, 6.45) is 5.48. The normalized spacial score (nSPS) is 16.7. The summed E-state index contributed by atoms with van der Waals surface area (Å²) < 4.78 is 0. The third-order valence-corrected chi connectivity index (χ3v) is 4.67. The van der Waals surface area contributed by atoms with E-state index in [1.54, 1.807) is 18.7 Å². The maximum atomic E-state index is 11.6. The number of carboxylic acid groups (broad SMARTS) is 1. The Kier molecular flexibility index (Phi) is 4.80. The van der Waals surface area contributed by atoms with Gasteiger partial charge in [-0.15, -0.1) is 0 Å². The van der Waals surface area contributed by atoms with Crippen LogP contribution in [0.2, 0.25) is 0 Å². The van der Waals surface area contributed by atoms with Gasteiger partial charge in [0.05, 0.1) is 17.7 Å². The third-order valence-electron chi connectivity index (χ3n) is 4.67. The molecular weight excluding hydrogens is 344 g/mol. The van der Waals surface area contributed by atoms with Gasteiger partial charge >= 0.3 is 5.97 Å². The van der Waals surface area contributed by atoms with Crippen LogP contribution in [0.1, 0.15) is 22.5 Å². The second-order valence-electron chi connectivity index (χ2n) is 6.54. The minimum absolute atomic E-state index is 0.395. The topological polar surface area (TPSA) is 107 Å². The Balaban J connectivity index is 1.41. The van der Waals surface area contributed by atoms with E-state index in [2.05, 4.69) is 25.3 Å². The molecule has 3 aromatic rings. The number of aliphatic carboxylic acids is 1. The molecule has 8 nitrogen and oxygen atoms in total. The van der Waals surface area contributed by atoms with E-state index in [4.69, 9.17) is 0 Å². The van der Waals surface area contributed by atoms with Crippen molar-refractivity contribution in [3.8, 4) is 0 Å².